The lowest BCUT2D eigenvalue weighted by Gasteiger charge is -2.32. The van der Waals surface area contributed by atoms with Crippen LogP contribution in [0.1, 0.15) is 29.6 Å². The molecule has 0 amide bonds. The van der Waals surface area contributed by atoms with Gasteiger partial charge in [0.05, 0.1) is 0 Å². The van der Waals surface area contributed by atoms with Gasteiger partial charge in [0, 0.05) is 30.3 Å². The fraction of sp³-hybridized carbons (Fsp3) is 0.417. The molecule has 0 saturated carbocycles. The summed E-state index contributed by atoms with van der Waals surface area (Å²) in [7, 11) is 0. The van der Waals surface area contributed by atoms with Crippen molar-refractivity contribution in [3.05, 3.63) is 29.8 Å². The maximum absolute atomic E-state index is 11.8. The molecule has 2 heteroatoms. The molecule has 3 rings (SSSR count). The maximum atomic E-state index is 11.8. The molecule has 1 atom stereocenters. The van der Waals surface area contributed by atoms with E-state index in [2.05, 4.69) is 11.0 Å². The second kappa shape index (κ2) is 2.84. The number of carbonyl (C=O) groups excluding carboxylic acids is 1. The van der Waals surface area contributed by atoms with Gasteiger partial charge in [0.25, 0.3) is 0 Å². The fourth-order valence-electron chi connectivity index (χ4n) is 2.65. The van der Waals surface area contributed by atoms with Crippen LogP contribution in [0.15, 0.2) is 24.3 Å². The molecule has 0 N–H and O–H groups in total. The van der Waals surface area contributed by atoms with Gasteiger partial charge in [-0.3, -0.25) is 4.79 Å². The number of rotatable bonds is 0. The van der Waals surface area contributed by atoms with Crippen LogP contribution in [-0.2, 0) is 0 Å². The van der Waals surface area contributed by atoms with Crippen LogP contribution >= 0.6 is 0 Å². The second-order valence-electron chi connectivity index (χ2n) is 4.13. The molecule has 1 saturated heterocycles. The summed E-state index contributed by atoms with van der Waals surface area (Å²) in [4.78, 5) is 14.2. The van der Waals surface area contributed by atoms with Gasteiger partial charge in [-0.2, -0.15) is 0 Å². The molecule has 0 unspecified atom stereocenters. The summed E-state index contributed by atoms with van der Waals surface area (Å²) in [6.45, 7) is 1.12. The predicted molar refractivity (Wildman–Crippen MR) is 55.8 cm³/mol. The Bertz CT molecular complexity index is 386. The van der Waals surface area contributed by atoms with Crippen molar-refractivity contribution in [3.8, 4) is 0 Å². The third-order valence-electron chi connectivity index (χ3n) is 3.31. The minimum Gasteiger partial charge on any atom is -0.368 e. The highest BCUT2D eigenvalue weighted by Gasteiger charge is 2.33. The van der Waals surface area contributed by atoms with Gasteiger partial charge in [0.2, 0.25) is 0 Å². The van der Waals surface area contributed by atoms with Gasteiger partial charge in [-0.25, -0.2) is 0 Å². The average molecular weight is 187 g/mol. The lowest BCUT2D eigenvalue weighted by atomic mass is 9.95. The Hall–Kier alpha value is -1.31. The molecule has 0 aromatic heterocycles. The zero-order chi connectivity index (χ0) is 9.54. The normalized spacial score (nSPS) is 24.7. The quantitative estimate of drug-likeness (QED) is 0.620. The highest BCUT2D eigenvalue weighted by molar-refractivity contribution is 6.03. The maximum Gasteiger partial charge on any atom is 0.167 e. The van der Waals surface area contributed by atoms with Gasteiger partial charge in [-0.1, -0.05) is 12.1 Å². The van der Waals surface area contributed by atoms with Crippen LogP contribution in [-0.4, -0.2) is 18.4 Å². The van der Waals surface area contributed by atoms with Gasteiger partial charge >= 0.3 is 0 Å². The van der Waals surface area contributed by atoms with E-state index in [0.29, 0.717) is 11.8 Å². The first-order valence-electron chi connectivity index (χ1n) is 5.25. The Labute approximate surface area is 83.5 Å². The summed E-state index contributed by atoms with van der Waals surface area (Å²) < 4.78 is 0. The van der Waals surface area contributed by atoms with E-state index >= 15 is 0 Å². The topological polar surface area (TPSA) is 20.3 Å². The molecular formula is C12H13NO. The third-order valence-corrected chi connectivity index (χ3v) is 3.31. The number of hydrogen-bond donors (Lipinski definition) is 0. The number of Topliss-reactive ketones (excluding diaryl/α,β-unsaturated/α-hetero) is 1. The van der Waals surface area contributed by atoms with E-state index in [0.717, 1.165) is 24.2 Å². The van der Waals surface area contributed by atoms with Gasteiger partial charge < -0.3 is 4.90 Å². The number of benzene rings is 1. The molecule has 0 radical (unpaired) electrons. The Morgan fingerprint density at radius 3 is 3.07 bits per heavy atom. The van der Waals surface area contributed by atoms with E-state index in [9.17, 15) is 4.79 Å². The first-order valence-corrected chi connectivity index (χ1v) is 5.25. The van der Waals surface area contributed by atoms with Crippen molar-refractivity contribution in [2.45, 2.75) is 25.3 Å². The van der Waals surface area contributed by atoms with E-state index in [1.807, 2.05) is 18.2 Å². The molecule has 0 spiro atoms. The molecule has 0 bridgehead atoms. The highest BCUT2D eigenvalue weighted by atomic mass is 16.1. The zero-order valence-electron chi connectivity index (χ0n) is 8.07. The number of fused-ring (bicyclic) bond motifs is 3. The summed E-state index contributed by atoms with van der Waals surface area (Å²) in [5.74, 6) is 0.323. The van der Waals surface area contributed by atoms with Crippen LogP contribution in [0.25, 0.3) is 0 Å². The number of anilines is 1. The van der Waals surface area contributed by atoms with Crippen molar-refractivity contribution in [2.24, 2.45) is 0 Å². The molecule has 1 fully saturated rings. The summed E-state index contributed by atoms with van der Waals surface area (Å²) in [5.41, 5.74) is 2.08. The number of para-hydroxylation sites is 1. The van der Waals surface area contributed by atoms with E-state index < -0.39 is 0 Å². The van der Waals surface area contributed by atoms with Crippen LogP contribution in [0.4, 0.5) is 5.69 Å². The summed E-state index contributed by atoms with van der Waals surface area (Å²) in [6.07, 6.45) is 3.13. The van der Waals surface area contributed by atoms with Crippen LogP contribution in [0, 0.1) is 0 Å². The van der Waals surface area contributed by atoms with E-state index in [1.54, 1.807) is 0 Å². The molecular weight excluding hydrogens is 174 g/mol. The minimum atomic E-state index is 0.323. The minimum absolute atomic E-state index is 0.323. The van der Waals surface area contributed by atoms with Gasteiger partial charge in [-0.15, -0.1) is 0 Å². The molecule has 2 heterocycles. The van der Waals surface area contributed by atoms with Crippen molar-refractivity contribution < 1.29 is 4.79 Å². The Balaban J connectivity index is 2.13. The van der Waals surface area contributed by atoms with Crippen LogP contribution in [0.2, 0.25) is 0 Å². The fourth-order valence-corrected chi connectivity index (χ4v) is 2.65. The largest absolute Gasteiger partial charge is 0.368 e. The van der Waals surface area contributed by atoms with Crippen LogP contribution < -0.4 is 4.90 Å². The summed E-state index contributed by atoms with van der Waals surface area (Å²) in [6, 6.07) is 8.48. The van der Waals surface area contributed by atoms with Crippen LogP contribution in [0.5, 0.6) is 0 Å². The molecule has 2 aliphatic rings. The van der Waals surface area contributed by atoms with E-state index in [-0.39, 0.29) is 0 Å². The van der Waals surface area contributed by atoms with Gasteiger partial charge in [0.15, 0.2) is 5.78 Å². The third kappa shape index (κ3) is 0.999. The number of carbonyl (C=O) groups is 1. The van der Waals surface area contributed by atoms with Crippen molar-refractivity contribution in [1.82, 2.24) is 0 Å². The average Bonchev–Trinajstić information content (AvgIpc) is 2.66. The Kier molecular flexibility index (Phi) is 1.63. The molecule has 2 nitrogen and oxygen atoms in total. The van der Waals surface area contributed by atoms with Gasteiger partial charge in [-0.05, 0) is 25.0 Å². The summed E-state index contributed by atoms with van der Waals surface area (Å²) in [5, 5.41) is 0. The zero-order valence-corrected chi connectivity index (χ0v) is 8.07. The smallest absolute Gasteiger partial charge is 0.167 e. The standard InChI is InChI=1S/C12H13NO/c14-12-8-9-4-3-7-13(9)11-6-2-1-5-10(11)12/h1-2,5-6,9H,3-4,7-8H2/t9-/m0/s1. The van der Waals surface area contributed by atoms with Crippen LogP contribution in [0.3, 0.4) is 0 Å². The first-order chi connectivity index (χ1) is 6.86. The molecule has 14 heavy (non-hydrogen) atoms. The summed E-state index contributed by atoms with van der Waals surface area (Å²) >= 11 is 0. The SMILES string of the molecule is O=C1C[C@@H]2CCCN2c2ccccc21. The second-order valence-corrected chi connectivity index (χ2v) is 4.13. The lowest BCUT2D eigenvalue weighted by molar-refractivity contribution is 0.0969. The van der Waals surface area contributed by atoms with Crippen molar-refractivity contribution >= 4 is 11.5 Å². The molecule has 1 aromatic carbocycles. The molecule has 72 valence electrons. The van der Waals surface area contributed by atoms with Crippen molar-refractivity contribution in [3.63, 3.8) is 0 Å². The van der Waals surface area contributed by atoms with Gasteiger partial charge in [0.1, 0.15) is 0 Å². The van der Waals surface area contributed by atoms with E-state index in [1.165, 1.54) is 12.8 Å². The number of hydrogen-bond acceptors (Lipinski definition) is 2. The first kappa shape index (κ1) is 8.04. The Morgan fingerprint density at radius 1 is 1.29 bits per heavy atom. The van der Waals surface area contributed by atoms with Crippen molar-refractivity contribution in [1.29, 1.82) is 0 Å². The van der Waals surface area contributed by atoms with Crippen molar-refractivity contribution in [2.75, 3.05) is 11.4 Å². The highest BCUT2D eigenvalue weighted by Crippen LogP contribution is 2.35. The van der Waals surface area contributed by atoms with E-state index in [4.69, 9.17) is 0 Å². The predicted octanol–water partition coefficient (Wildman–Crippen LogP) is 2.24. The molecule has 0 aliphatic carbocycles. The molecule has 2 aliphatic heterocycles. The number of nitrogens with zero attached hydrogens (tertiary/aromatic N) is 1. The lowest BCUT2D eigenvalue weighted by Crippen LogP contribution is -2.36. The Morgan fingerprint density at radius 2 is 2.14 bits per heavy atom. The number of ketones is 1. The monoisotopic (exact) mass is 187 g/mol. The molecule has 1 aromatic rings.